The van der Waals surface area contributed by atoms with Gasteiger partial charge in [-0.1, -0.05) is 12.1 Å². The maximum Gasteiger partial charge on any atom is 0.123 e. The van der Waals surface area contributed by atoms with Gasteiger partial charge < -0.3 is 10.4 Å². The number of nitrogens with one attached hydrogen (secondary N) is 1. The molecule has 0 saturated heterocycles. The van der Waals surface area contributed by atoms with E-state index in [2.05, 4.69) is 5.32 Å². The average molecular weight is 231 g/mol. The Balaban J connectivity index is 2.08. The van der Waals surface area contributed by atoms with E-state index in [9.17, 15) is 9.50 Å². The third-order valence-corrected chi connectivity index (χ3v) is 2.62. The van der Waals surface area contributed by atoms with Crippen LogP contribution < -0.4 is 5.32 Å². The Kier molecular flexibility index (Phi) is 3.28. The van der Waals surface area contributed by atoms with E-state index >= 15 is 0 Å². The zero-order chi connectivity index (χ0) is 12.3. The van der Waals surface area contributed by atoms with Gasteiger partial charge in [0.2, 0.25) is 0 Å². The summed E-state index contributed by atoms with van der Waals surface area (Å²) in [6.45, 7) is 2.01. The van der Waals surface area contributed by atoms with E-state index < -0.39 is 0 Å². The largest absolute Gasteiger partial charge is 0.508 e. The molecule has 0 spiro atoms. The zero-order valence-electron chi connectivity index (χ0n) is 9.52. The number of aromatic hydroxyl groups is 1. The molecule has 1 atom stereocenters. The van der Waals surface area contributed by atoms with Gasteiger partial charge in [0.1, 0.15) is 11.6 Å². The first kappa shape index (κ1) is 11.5. The Morgan fingerprint density at radius 3 is 2.18 bits per heavy atom. The van der Waals surface area contributed by atoms with Gasteiger partial charge in [-0.25, -0.2) is 4.39 Å². The Labute approximate surface area is 99.7 Å². The molecule has 0 fully saturated rings. The first-order valence-corrected chi connectivity index (χ1v) is 5.46. The van der Waals surface area contributed by atoms with Crippen LogP contribution in [0.15, 0.2) is 48.5 Å². The molecule has 0 aliphatic carbocycles. The van der Waals surface area contributed by atoms with Crippen LogP contribution in [0, 0.1) is 5.82 Å². The SMILES string of the molecule is CC(Nc1ccc(F)cc1)c1ccc(O)cc1. The lowest BCUT2D eigenvalue weighted by Gasteiger charge is -2.15. The van der Waals surface area contributed by atoms with Gasteiger partial charge in [-0.2, -0.15) is 0 Å². The molecule has 2 N–H and O–H groups in total. The number of hydrogen-bond acceptors (Lipinski definition) is 2. The molecule has 2 nitrogen and oxygen atoms in total. The predicted molar refractivity (Wildman–Crippen MR) is 66.5 cm³/mol. The van der Waals surface area contributed by atoms with Crippen LogP contribution in [0.25, 0.3) is 0 Å². The normalized spacial score (nSPS) is 12.1. The smallest absolute Gasteiger partial charge is 0.123 e. The highest BCUT2D eigenvalue weighted by Crippen LogP contribution is 2.21. The first-order chi connectivity index (χ1) is 8.15. The van der Waals surface area contributed by atoms with Crippen LogP contribution >= 0.6 is 0 Å². The minimum Gasteiger partial charge on any atom is -0.508 e. The van der Waals surface area contributed by atoms with Gasteiger partial charge in [-0.3, -0.25) is 0 Å². The van der Waals surface area contributed by atoms with Gasteiger partial charge in [0.05, 0.1) is 0 Å². The van der Waals surface area contributed by atoms with Gasteiger partial charge in [-0.15, -0.1) is 0 Å². The van der Waals surface area contributed by atoms with Crippen molar-refractivity contribution in [1.82, 2.24) is 0 Å². The van der Waals surface area contributed by atoms with Crippen molar-refractivity contribution in [2.24, 2.45) is 0 Å². The van der Waals surface area contributed by atoms with E-state index in [1.165, 1.54) is 12.1 Å². The van der Waals surface area contributed by atoms with Gasteiger partial charge in [-0.05, 0) is 48.9 Å². The molecule has 0 saturated carbocycles. The molecule has 1 unspecified atom stereocenters. The molecular formula is C14H14FNO. The summed E-state index contributed by atoms with van der Waals surface area (Å²) >= 11 is 0. The number of phenols is 1. The molecule has 0 amide bonds. The lowest BCUT2D eigenvalue weighted by atomic mass is 10.1. The van der Waals surface area contributed by atoms with Crippen molar-refractivity contribution in [2.45, 2.75) is 13.0 Å². The topological polar surface area (TPSA) is 32.3 Å². The summed E-state index contributed by atoms with van der Waals surface area (Å²) in [5.74, 6) is 0.00979. The number of hydrogen-bond donors (Lipinski definition) is 2. The van der Waals surface area contributed by atoms with Crippen molar-refractivity contribution in [3.63, 3.8) is 0 Å². The van der Waals surface area contributed by atoms with Crippen LogP contribution in [0.5, 0.6) is 5.75 Å². The summed E-state index contributed by atoms with van der Waals surface area (Å²) in [6, 6.07) is 13.4. The third kappa shape index (κ3) is 2.97. The van der Waals surface area contributed by atoms with Crippen LogP contribution in [-0.4, -0.2) is 5.11 Å². The van der Waals surface area contributed by atoms with E-state index in [-0.39, 0.29) is 17.6 Å². The van der Waals surface area contributed by atoms with Crippen molar-refractivity contribution < 1.29 is 9.50 Å². The van der Waals surface area contributed by atoms with E-state index in [0.29, 0.717) is 0 Å². The lowest BCUT2D eigenvalue weighted by molar-refractivity contribution is 0.475. The maximum atomic E-state index is 12.7. The Bertz CT molecular complexity index is 479. The monoisotopic (exact) mass is 231 g/mol. The summed E-state index contributed by atoms with van der Waals surface area (Å²) in [4.78, 5) is 0. The second-order valence-electron chi connectivity index (χ2n) is 3.96. The molecule has 0 heterocycles. The summed E-state index contributed by atoms with van der Waals surface area (Å²) in [5.41, 5.74) is 1.93. The molecule has 17 heavy (non-hydrogen) atoms. The molecule has 0 aromatic heterocycles. The zero-order valence-corrected chi connectivity index (χ0v) is 9.52. The highest BCUT2D eigenvalue weighted by Gasteiger charge is 2.05. The predicted octanol–water partition coefficient (Wildman–Crippen LogP) is 3.70. The fourth-order valence-corrected chi connectivity index (χ4v) is 1.64. The van der Waals surface area contributed by atoms with Crippen LogP contribution in [-0.2, 0) is 0 Å². The van der Waals surface area contributed by atoms with Crippen LogP contribution in [0.3, 0.4) is 0 Å². The molecule has 0 aliphatic rings. The number of phenolic OH excluding ortho intramolecular Hbond substituents is 1. The molecular weight excluding hydrogens is 217 g/mol. The Hall–Kier alpha value is -2.03. The quantitative estimate of drug-likeness (QED) is 0.844. The van der Waals surface area contributed by atoms with E-state index in [1.807, 2.05) is 19.1 Å². The molecule has 0 aliphatic heterocycles. The summed E-state index contributed by atoms with van der Waals surface area (Å²) in [5, 5.41) is 12.5. The highest BCUT2D eigenvalue weighted by molar-refractivity contribution is 5.45. The Morgan fingerprint density at radius 1 is 1.00 bits per heavy atom. The first-order valence-electron chi connectivity index (χ1n) is 5.46. The van der Waals surface area contributed by atoms with E-state index in [4.69, 9.17) is 0 Å². The summed E-state index contributed by atoms with van der Waals surface area (Å²) in [6.07, 6.45) is 0. The fourth-order valence-electron chi connectivity index (χ4n) is 1.64. The fraction of sp³-hybridized carbons (Fsp3) is 0.143. The average Bonchev–Trinajstić information content (AvgIpc) is 2.33. The van der Waals surface area contributed by atoms with Gasteiger partial charge >= 0.3 is 0 Å². The van der Waals surface area contributed by atoms with Crippen LogP contribution in [0.4, 0.5) is 10.1 Å². The molecule has 2 aromatic rings. The number of anilines is 1. The van der Waals surface area contributed by atoms with E-state index in [0.717, 1.165) is 11.3 Å². The molecule has 3 heteroatoms. The van der Waals surface area contributed by atoms with Crippen LogP contribution in [0.2, 0.25) is 0 Å². The summed E-state index contributed by atoms with van der Waals surface area (Å²) in [7, 11) is 0. The Morgan fingerprint density at radius 2 is 1.59 bits per heavy atom. The second-order valence-corrected chi connectivity index (χ2v) is 3.96. The van der Waals surface area contributed by atoms with Crippen molar-refractivity contribution in [2.75, 3.05) is 5.32 Å². The maximum absolute atomic E-state index is 12.7. The van der Waals surface area contributed by atoms with Crippen molar-refractivity contribution in [3.8, 4) is 5.75 Å². The van der Waals surface area contributed by atoms with Gasteiger partial charge in [0.15, 0.2) is 0 Å². The van der Waals surface area contributed by atoms with Crippen molar-refractivity contribution in [1.29, 1.82) is 0 Å². The second kappa shape index (κ2) is 4.87. The molecule has 0 bridgehead atoms. The molecule has 2 aromatic carbocycles. The molecule has 0 radical (unpaired) electrons. The van der Waals surface area contributed by atoms with Crippen molar-refractivity contribution >= 4 is 5.69 Å². The number of halogens is 1. The minimum absolute atomic E-state index is 0.0982. The van der Waals surface area contributed by atoms with Gasteiger partial charge in [0.25, 0.3) is 0 Å². The van der Waals surface area contributed by atoms with E-state index in [1.54, 1.807) is 24.3 Å². The summed E-state index contributed by atoms with van der Waals surface area (Å²) < 4.78 is 12.7. The molecule has 88 valence electrons. The van der Waals surface area contributed by atoms with Crippen LogP contribution in [0.1, 0.15) is 18.5 Å². The van der Waals surface area contributed by atoms with Gasteiger partial charge in [0, 0.05) is 11.7 Å². The van der Waals surface area contributed by atoms with Crippen molar-refractivity contribution in [3.05, 3.63) is 59.9 Å². The minimum atomic E-state index is -0.243. The lowest BCUT2D eigenvalue weighted by Crippen LogP contribution is -2.06. The number of benzene rings is 2. The molecule has 2 rings (SSSR count). The highest BCUT2D eigenvalue weighted by atomic mass is 19.1. The standard InChI is InChI=1S/C14H14FNO/c1-10(11-2-8-14(17)9-3-11)16-13-6-4-12(15)5-7-13/h2-10,16-17H,1H3. The third-order valence-electron chi connectivity index (χ3n) is 2.62. The number of rotatable bonds is 3.